The Hall–Kier alpha value is -2.45. The summed E-state index contributed by atoms with van der Waals surface area (Å²) in [5, 5.41) is 12.3. The molecule has 1 aromatic rings. The van der Waals surface area contributed by atoms with Crippen molar-refractivity contribution in [1.29, 1.82) is 0 Å². The molecule has 1 aromatic carbocycles. The van der Waals surface area contributed by atoms with Crippen molar-refractivity contribution in [1.82, 2.24) is 14.9 Å². The summed E-state index contributed by atoms with van der Waals surface area (Å²) < 4.78 is 6.06. The largest absolute Gasteiger partial charge is 0.489 e. The van der Waals surface area contributed by atoms with Gasteiger partial charge < -0.3 is 9.84 Å². The second kappa shape index (κ2) is 7.52. The number of nitrogens with zero attached hydrogens (tertiary/aromatic N) is 3. The van der Waals surface area contributed by atoms with Crippen LogP contribution in [0.25, 0.3) is 0 Å². The molecule has 28 heavy (non-hydrogen) atoms. The molecule has 4 rings (SSSR count). The zero-order chi connectivity index (χ0) is 19.8. The highest BCUT2D eigenvalue weighted by molar-refractivity contribution is 6.04. The predicted molar refractivity (Wildman–Crippen MR) is 99.2 cm³/mol. The summed E-state index contributed by atoms with van der Waals surface area (Å²) in [4.78, 5) is 39.2. The predicted octanol–water partition coefficient (Wildman–Crippen LogP) is 0.930. The molecule has 0 aromatic heterocycles. The molecule has 0 radical (unpaired) electrons. The lowest BCUT2D eigenvalue weighted by atomic mass is 10.1. The molecule has 0 bridgehead atoms. The minimum absolute atomic E-state index is 0.125. The first-order chi connectivity index (χ1) is 13.5. The number of aliphatic hydroxyl groups is 1. The second-order valence-corrected chi connectivity index (χ2v) is 7.62. The highest BCUT2D eigenvalue weighted by Gasteiger charge is 2.39. The molecular formula is C20H25N3O5. The maximum Gasteiger partial charge on any atom is 0.273 e. The van der Waals surface area contributed by atoms with Gasteiger partial charge in [-0.05, 0) is 36.7 Å². The molecule has 0 unspecified atom stereocenters. The summed E-state index contributed by atoms with van der Waals surface area (Å²) in [7, 11) is 0. The van der Waals surface area contributed by atoms with Crippen LogP contribution in [-0.4, -0.2) is 69.6 Å². The Kier molecular flexibility index (Phi) is 5.07. The van der Waals surface area contributed by atoms with Crippen LogP contribution in [0.3, 0.4) is 0 Å². The molecule has 0 aliphatic carbocycles. The van der Waals surface area contributed by atoms with Crippen molar-refractivity contribution in [3.05, 3.63) is 29.3 Å². The molecule has 2 saturated heterocycles. The highest BCUT2D eigenvalue weighted by atomic mass is 16.5. The van der Waals surface area contributed by atoms with Gasteiger partial charge in [-0.3, -0.25) is 19.3 Å². The summed E-state index contributed by atoms with van der Waals surface area (Å²) in [6.45, 7) is 4.47. The Bertz CT molecular complexity index is 795. The van der Waals surface area contributed by atoms with Crippen molar-refractivity contribution < 1.29 is 24.2 Å². The van der Waals surface area contributed by atoms with Crippen LogP contribution in [-0.2, 0) is 16.1 Å². The first kappa shape index (κ1) is 18.9. The van der Waals surface area contributed by atoms with Crippen molar-refractivity contribution in [2.75, 3.05) is 19.6 Å². The smallest absolute Gasteiger partial charge is 0.273 e. The number of imide groups is 1. The van der Waals surface area contributed by atoms with Gasteiger partial charge in [0.05, 0.1) is 12.6 Å². The van der Waals surface area contributed by atoms with E-state index in [-0.39, 0.29) is 43.2 Å². The van der Waals surface area contributed by atoms with Gasteiger partial charge in [0.2, 0.25) is 11.8 Å². The van der Waals surface area contributed by atoms with Crippen LogP contribution >= 0.6 is 0 Å². The Balaban J connectivity index is 1.49. The van der Waals surface area contributed by atoms with Crippen LogP contribution in [0.4, 0.5) is 0 Å². The van der Waals surface area contributed by atoms with Crippen molar-refractivity contribution in [2.24, 2.45) is 0 Å². The van der Waals surface area contributed by atoms with Gasteiger partial charge in [-0.1, -0.05) is 6.92 Å². The van der Waals surface area contributed by atoms with Crippen molar-refractivity contribution in [2.45, 2.75) is 51.4 Å². The fraction of sp³-hybridized carbons (Fsp3) is 0.550. The maximum absolute atomic E-state index is 12.7. The van der Waals surface area contributed by atoms with E-state index in [0.717, 1.165) is 23.7 Å². The summed E-state index contributed by atoms with van der Waals surface area (Å²) in [6.07, 6.45) is 1.11. The average molecular weight is 387 g/mol. The standard InChI is InChI=1S/C20H25N3O5/c1-2-21-11-14(24)9-16(12-21)28-15-6-7-17-13(8-15)10-22(20(17)27)23-18(25)4-3-5-19(23)26/h6-8,14,16,24H,2-5,9-12H2,1H3/t14-,16+/m0/s1. The zero-order valence-corrected chi connectivity index (χ0v) is 16.0. The van der Waals surface area contributed by atoms with Crippen LogP contribution in [0.1, 0.15) is 48.5 Å². The van der Waals surface area contributed by atoms with Crippen LogP contribution in [0.5, 0.6) is 5.75 Å². The minimum Gasteiger partial charge on any atom is -0.489 e. The fourth-order valence-electron chi connectivity index (χ4n) is 4.18. The molecule has 3 aliphatic rings. The molecule has 3 amide bonds. The Morgan fingerprint density at radius 2 is 1.89 bits per heavy atom. The number of amides is 3. The number of hydrogen-bond acceptors (Lipinski definition) is 6. The lowest BCUT2D eigenvalue weighted by Crippen LogP contribution is -2.51. The summed E-state index contributed by atoms with van der Waals surface area (Å²) in [6, 6.07) is 5.21. The molecule has 150 valence electrons. The topological polar surface area (TPSA) is 90.4 Å². The quantitative estimate of drug-likeness (QED) is 0.773. The van der Waals surface area contributed by atoms with E-state index < -0.39 is 6.10 Å². The maximum atomic E-state index is 12.7. The molecule has 0 saturated carbocycles. The molecule has 2 fully saturated rings. The van der Waals surface area contributed by atoms with Gasteiger partial charge in [0.25, 0.3) is 5.91 Å². The number of hydrogen-bond donors (Lipinski definition) is 1. The molecule has 2 atom stereocenters. The van der Waals surface area contributed by atoms with Gasteiger partial charge in [-0.25, -0.2) is 5.01 Å². The number of hydrazine groups is 1. The number of carbonyl (C=O) groups excluding carboxylic acids is 3. The lowest BCUT2D eigenvalue weighted by molar-refractivity contribution is -0.163. The van der Waals surface area contributed by atoms with E-state index in [1.165, 1.54) is 5.01 Å². The van der Waals surface area contributed by atoms with Crippen molar-refractivity contribution in [3.63, 3.8) is 0 Å². The Labute approximate surface area is 163 Å². The van der Waals surface area contributed by atoms with Gasteiger partial charge in [0.15, 0.2) is 0 Å². The SMILES string of the molecule is CCN1C[C@@H](O)C[C@@H](Oc2ccc3c(c2)CN(N2C(=O)CCCC2=O)C3=O)C1. The van der Waals surface area contributed by atoms with Crippen LogP contribution in [0, 0.1) is 0 Å². The van der Waals surface area contributed by atoms with Crippen molar-refractivity contribution >= 4 is 17.7 Å². The minimum atomic E-state index is -0.415. The molecule has 0 spiro atoms. The van der Waals surface area contributed by atoms with Gasteiger partial charge >= 0.3 is 0 Å². The molecule has 8 heteroatoms. The van der Waals surface area contributed by atoms with E-state index >= 15 is 0 Å². The third-order valence-electron chi connectivity index (χ3n) is 5.57. The van der Waals surface area contributed by atoms with Gasteiger partial charge in [-0.2, -0.15) is 5.01 Å². The summed E-state index contributed by atoms with van der Waals surface area (Å²) in [5.74, 6) is -0.371. The normalized spacial score (nSPS) is 26.0. The summed E-state index contributed by atoms with van der Waals surface area (Å²) >= 11 is 0. The van der Waals surface area contributed by atoms with Crippen LogP contribution in [0.15, 0.2) is 18.2 Å². The van der Waals surface area contributed by atoms with E-state index in [1.54, 1.807) is 18.2 Å². The van der Waals surface area contributed by atoms with Crippen LogP contribution in [0.2, 0.25) is 0 Å². The number of likely N-dealkylation sites (N-methyl/N-ethyl adjacent to an activating group) is 1. The van der Waals surface area contributed by atoms with Crippen LogP contribution < -0.4 is 4.74 Å². The molecule has 3 heterocycles. The Morgan fingerprint density at radius 1 is 1.14 bits per heavy atom. The zero-order valence-electron chi connectivity index (χ0n) is 16.0. The lowest BCUT2D eigenvalue weighted by Gasteiger charge is -2.35. The molecule has 1 N–H and O–H groups in total. The van der Waals surface area contributed by atoms with Gasteiger partial charge in [0, 0.05) is 37.9 Å². The number of benzene rings is 1. The Morgan fingerprint density at radius 3 is 2.61 bits per heavy atom. The molecule has 3 aliphatic heterocycles. The van der Waals surface area contributed by atoms with E-state index in [2.05, 4.69) is 4.90 Å². The number of likely N-dealkylation sites (tertiary alicyclic amines) is 1. The number of aliphatic hydroxyl groups excluding tert-OH is 1. The monoisotopic (exact) mass is 387 g/mol. The molecular weight excluding hydrogens is 362 g/mol. The third-order valence-corrected chi connectivity index (χ3v) is 5.57. The number of fused-ring (bicyclic) bond motifs is 1. The van der Waals surface area contributed by atoms with E-state index in [9.17, 15) is 19.5 Å². The average Bonchev–Trinajstić information content (AvgIpc) is 2.97. The molecule has 8 nitrogen and oxygen atoms in total. The van der Waals surface area contributed by atoms with Gasteiger partial charge in [0.1, 0.15) is 11.9 Å². The number of β-amino-alcohol motifs (C(OH)–C–C–N with tert-alkyl or cyclic N) is 1. The fourth-order valence-corrected chi connectivity index (χ4v) is 4.18. The second-order valence-electron chi connectivity index (χ2n) is 7.62. The van der Waals surface area contributed by atoms with Gasteiger partial charge in [-0.15, -0.1) is 0 Å². The number of rotatable bonds is 4. The van der Waals surface area contributed by atoms with Crippen molar-refractivity contribution in [3.8, 4) is 5.75 Å². The highest BCUT2D eigenvalue weighted by Crippen LogP contribution is 2.30. The van der Waals surface area contributed by atoms with E-state index in [4.69, 9.17) is 4.74 Å². The number of piperidine rings is 2. The first-order valence-electron chi connectivity index (χ1n) is 9.83. The summed E-state index contributed by atoms with van der Waals surface area (Å²) in [5.41, 5.74) is 1.22. The van der Waals surface area contributed by atoms with E-state index in [0.29, 0.717) is 30.7 Å². The van der Waals surface area contributed by atoms with E-state index in [1.807, 2.05) is 6.92 Å². The third kappa shape index (κ3) is 3.49. The number of carbonyl (C=O) groups is 3. The first-order valence-corrected chi connectivity index (χ1v) is 9.83. The number of ether oxygens (including phenoxy) is 1.